The predicted molar refractivity (Wildman–Crippen MR) is 77.7 cm³/mol. The van der Waals surface area contributed by atoms with Gasteiger partial charge in [-0.15, -0.1) is 0 Å². The van der Waals surface area contributed by atoms with E-state index in [1.807, 2.05) is 0 Å². The molecule has 104 valence electrons. The lowest BCUT2D eigenvalue weighted by Gasteiger charge is -2.31. The number of benzene rings is 1. The fraction of sp³-hybridized carbons (Fsp3) is 0.625. The molecule has 0 saturated carbocycles. The number of rotatable bonds is 3. The van der Waals surface area contributed by atoms with Crippen molar-refractivity contribution in [2.75, 3.05) is 33.8 Å². The second kappa shape index (κ2) is 5.51. The highest BCUT2D eigenvalue weighted by Gasteiger charge is 2.28. The summed E-state index contributed by atoms with van der Waals surface area (Å²) in [7, 11) is 4.39. The molecule has 2 aliphatic heterocycles. The molecule has 1 N–H and O–H groups in total. The van der Waals surface area contributed by atoms with E-state index in [9.17, 15) is 0 Å². The Morgan fingerprint density at radius 3 is 3.00 bits per heavy atom. The van der Waals surface area contributed by atoms with Gasteiger partial charge >= 0.3 is 0 Å². The van der Waals surface area contributed by atoms with Crippen molar-refractivity contribution in [2.45, 2.75) is 25.3 Å². The van der Waals surface area contributed by atoms with E-state index in [0.717, 1.165) is 44.2 Å². The number of hydrogen-bond donors (Lipinski definition) is 1. The van der Waals surface area contributed by atoms with Crippen LogP contribution in [0.25, 0.3) is 0 Å². The number of hydrogen-bond acceptors (Lipinski definition) is 3. The fourth-order valence-corrected chi connectivity index (χ4v) is 3.50. The molecule has 2 atom stereocenters. The van der Waals surface area contributed by atoms with Crippen molar-refractivity contribution in [3.05, 3.63) is 29.3 Å². The third kappa shape index (κ3) is 2.63. The highest BCUT2D eigenvalue weighted by molar-refractivity contribution is 5.40. The lowest BCUT2D eigenvalue weighted by atomic mass is 9.89. The van der Waals surface area contributed by atoms with E-state index in [-0.39, 0.29) is 0 Å². The van der Waals surface area contributed by atoms with Crippen LogP contribution in [-0.2, 0) is 6.42 Å². The molecule has 0 bridgehead atoms. The van der Waals surface area contributed by atoms with Gasteiger partial charge in [0, 0.05) is 6.04 Å². The van der Waals surface area contributed by atoms with Gasteiger partial charge < -0.3 is 15.0 Å². The monoisotopic (exact) mass is 260 g/mol. The second-order valence-electron chi connectivity index (χ2n) is 5.98. The summed E-state index contributed by atoms with van der Waals surface area (Å²) < 4.78 is 5.72. The van der Waals surface area contributed by atoms with Crippen molar-refractivity contribution in [2.24, 2.45) is 5.92 Å². The lowest BCUT2D eigenvalue weighted by molar-refractivity contribution is 0.222. The van der Waals surface area contributed by atoms with E-state index >= 15 is 0 Å². The number of aryl methyl sites for hydroxylation is 1. The predicted octanol–water partition coefficient (Wildman–Crippen LogP) is 2.22. The van der Waals surface area contributed by atoms with Gasteiger partial charge in [0.15, 0.2) is 0 Å². The first-order valence-corrected chi connectivity index (χ1v) is 7.38. The third-order valence-corrected chi connectivity index (χ3v) is 4.38. The number of fused-ring (bicyclic) bond motifs is 1. The summed E-state index contributed by atoms with van der Waals surface area (Å²) in [6.45, 7) is 3.16. The molecule has 0 spiro atoms. The van der Waals surface area contributed by atoms with E-state index in [1.54, 1.807) is 0 Å². The van der Waals surface area contributed by atoms with Crippen molar-refractivity contribution < 1.29 is 4.74 Å². The van der Waals surface area contributed by atoms with Gasteiger partial charge in [-0.1, -0.05) is 12.1 Å². The summed E-state index contributed by atoms with van der Waals surface area (Å²) in [4.78, 5) is 2.36. The van der Waals surface area contributed by atoms with Gasteiger partial charge in [-0.25, -0.2) is 0 Å². The number of nitrogens with zero attached hydrogens (tertiary/aromatic N) is 1. The van der Waals surface area contributed by atoms with E-state index in [2.05, 4.69) is 42.5 Å². The standard InChI is InChI=1S/C16H24N2O/c1-18(2)16(14-7-8-17-11-14)13-5-6-15-12(10-13)4-3-9-19-15/h5-6,10,14,16-17H,3-4,7-9,11H2,1-2H3. The summed E-state index contributed by atoms with van der Waals surface area (Å²) in [5, 5.41) is 3.49. The van der Waals surface area contributed by atoms with Gasteiger partial charge in [-0.05, 0) is 69.6 Å². The number of ether oxygens (including phenoxy) is 1. The molecule has 19 heavy (non-hydrogen) atoms. The molecule has 3 heteroatoms. The van der Waals surface area contributed by atoms with Gasteiger partial charge in [0.05, 0.1) is 6.61 Å². The molecular weight excluding hydrogens is 236 g/mol. The van der Waals surface area contributed by atoms with Crippen LogP contribution in [0.15, 0.2) is 18.2 Å². The highest BCUT2D eigenvalue weighted by Crippen LogP contribution is 2.34. The lowest BCUT2D eigenvalue weighted by Crippen LogP contribution is -2.29. The molecule has 2 aliphatic rings. The Hall–Kier alpha value is -1.06. The van der Waals surface area contributed by atoms with Crippen LogP contribution in [0.1, 0.15) is 30.0 Å². The van der Waals surface area contributed by atoms with Crippen LogP contribution in [0.2, 0.25) is 0 Å². The Labute approximate surface area is 115 Å². The molecule has 0 amide bonds. The summed E-state index contributed by atoms with van der Waals surface area (Å²) in [5.74, 6) is 1.81. The molecule has 0 aliphatic carbocycles. The smallest absolute Gasteiger partial charge is 0.122 e. The van der Waals surface area contributed by atoms with Crippen molar-refractivity contribution in [3.63, 3.8) is 0 Å². The van der Waals surface area contributed by atoms with Crippen LogP contribution in [0, 0.1) is 5.92 Å². The molecule has 3 nitrogen and oxygen atoms in total. The van der Waals surface area contributed by atoms with Gasteiger partial charge in [0.25, 0.3) is 0 Å². The maximum atomic E-state index is 5.72. The highest BCUT2D eigenvalue weighted by atomic mass is 16.5. The van der Waals surface area contributed by atoms with Crippen LogP contribution in [0.4, 0.5) is 0 Å². The average molecular weight is 260 g/mol. The SMILES string of the molecule is CN(C)C(c1ccc2c(c1)CCCO2)C1CCNC1. The maximum absolute atomic E-state index is 5.72. The summed E-state index contributed by atoms with van der Waals surface area (Å²) in [5.41, 5.74) is 2.84. The summed E-state index contributed by atoms with van der Waals surface area (Å²) >= 11 is 0. The van der Waals surface area contributed by atoms with Crippen LogP contribution in [0.5, 0.6) is 5.75 Å². The van der Waals surface area contributed by atoms with Gasteiger partial charge in [-0.2, -0.15) is 0 Å². The zero-order chi connectivity index (χ0) is 13.2. The van der Waals surface area contributed by atoms with Gasteiger partial charge in [0.2, 0.25) is 0 Å². The van der Waals surface area contributed by atoms with Crippen LogP contribution in [0.3, 0.4) is 0 Å². The minimum absolute atomic E-state index is 0.516. The minimum atomic E-state index is 0.516. The Balaban J connectivity index is 1.89. The van der Waals surface area contributed by atoms with E-state index in [0.29, 0.717) is 6.04 Å². The molecule has 0 radical (unpaired) electrons. The molecule has 1 saturated heterocycles. The molecular formula is C16H24N2O. The Bertz CT molecular complexity index is 438. The molecule has 1 aromatic carbocycles. The summed E-state index contributed by atoms with van der Waals surface area (Å²) in [6, 6.07) is 7.31. The van der Waals surface area contributed by atoms with E-state index in [1.165, 1.54) is 17.5 Å². The zero-order valence-corrected chi connectivity index (χ0v) is 12.0. The van der Waals surface area contributed by atoms with Crippen molar-refractivity contribution >= 4 is 0 Å². The molecule has 1 fully saturated rings. The largest absolute Gasteiger partial charge is 0.493 e. The zero-order valence-electron chi connectivity index (χ0n) is 12.0. The van der Waals surface area contributed by atoms with Crippen molar-refractivity contribution in [1.29, 1.82) is 0 Å². The molecule has 2 unspecified atom stereocenters. The van der Waals surface area contributed by atoms with E-state index in [4.69, 9.17) is 4.74 Å². The topological polar surface area (TPSA) is 24.5 Å². The Kier molecular flexibility index (Phi) is 3.76. The second-order valence-corrected chi connectivity index (χ2v) is 5.98. The fourth-order valence-electron chi connectivity index (χ4n) is 3.50. The normalized spacial score (nSPS) is 24.1. The van der Waals surface area contributed by atoms with Crippen LogP contribution in [-0.4, -0.2) is 38.7 Å². The van der Waals surface area contributed by atoms with E-state index < -0.39 is 0 Å². The number of nitrogens with one attached hydrogen (secondary N) is 1. The first-order valence-electron chi connectivity index (χ1n) is 7.38. The minimum Gasteiger partial charge on any atom is -0.493 e. The quantitative estimate of drug-likeness (QED) is 0.902. The average Bonchev–Trinajstić information content (AvgIpc) is 2.92. The van der Waals surface area contributed by atoms with Gasteiger partial charge in [-0.3, -0.25) is 0 Å². The molecule has 2 heterocycles. The van der Waals surface area contributed by atoms with Crippen molar-refractivity contribution in [3.8, 4) is 5.75 Å². The molecule has 0 aromatic heterocycles. The third-order valence-electron chi connectivity index (χ3n) is 4.38. The van der Waals surface area contributed by atoms with Gasteiger partial charge in [0.1, 0.15) is 5.75 Å². The maximum Gasteiger partial charge on any atom is 0.122 e. The van der Waals surface area contributed by atoms with Crippen molar-refractivity contribution in [1.82, 2.24) is 10.2 Å². The summed E-state index contributed by atoms with van der Waals surface area (Å²) in [6.07, 6.45) is 3.58. The molecule has 1 aromatic rings. The van der Waals surface area contributed by atoms with Crippen LogP contribution < -0.4 is 10.1 Å². The Morgan fingerprint density at radius 1 is 1.37 bits per heavy atom. The first-order chi connectivity index (χ1) is 9.25. The molecule has 3 rings (SSSR count). The van der Waals surface area contributed by atoms with Crippen LogP contribution >= 0.6 is 0 Å². The first kappa shape index (κ1) is 12.9. The Morgan fingerprint density at radius 2 is 2.26 bits per heavy atom.